The zero-order chi connectivity index (χ0) is 18.7. The highest BCUT2D eigenvalue weighted by atomic mass is 32.2. The SMILES string of the molecule is O=S(=O)(Nc1ccc(NC2CCCCCC2)nc1)c1ccc2c(c1)OCO2. The first-order chi connectivity index (χ1) is 13.1. The fraction of sp³-hybridized carbons (Fsp3) is 0.421. The maximum Gasteiger partial charge on any atom is 0.262 e. The number of hydrogen-bond acceptors (Lipinski definition) is 6. The fourth-order valence-corrected chi connectivity index (χ4v) is 4.49. The molecular weight excluding hydrogens is 366 g/mol. The summed E-state index contributed by atoms with van der Waals surface area (Å²) in [6, 6.07) is 8.51. The van der Waals surface area contributed by atoms with Crippen LogP contribution in [0.25, 0.3) is 0 Å². The standard InChI is InChI=1S/C19H23N3O4S/c23-27(24,16-8-9-17-18(11-16)26-13-25-17)22-15-7-10-19(20-12-15)21-14-5-3-1-2-4-6-14/h7-12,14,22H,1-6,13H2,(H,20,21). The summed E-state index contributed by atoms with van der Waals surface area (Å²) in [5.41, 5.74) is 0.416. The Hall–Kier alpha value is -2.48. The summed E-state index contributed by atoms with van der Waals surface area (Å²) in [4.78, 5) is 4.47. The van der Waals surface area contributed by atoms with Gasteiger partial charge in [0.1, 0.15) is 5.82 Å². The van der Waals surface area contributed by atoms with Gasteiger partial charge in [-0.05, 0) is 37.1 Å². The normalized spacial score (nSPS) is 17.3. The number of sulfonamides is 1. The van der Waals surface area contributed by atoms with Crippen molar-refractivity contribution < 1.29 is 17.9 Å². The van der Waals surface area contributed by atoms with Gasteiger partial charge in [0.2, 0.25) is 6.79 Å². The van der Waals surface area contributed by atoms with Crippen LogP contribution in [-0.4, -0.2) is 26.2 Å². The second-order valence-corrected chi connectivity index (χ2v) is 8.57. The lowest BCUT2D eigenvalue weighted by molar-refractivity contribution is 0.174. The van der Waals surface area contributed by atoms with Gasteiger partial charge in [0.15, 0.2) is 11.5 Å². The van der Waals surface area contributed by atoms with Crippen LogP contribution in [0.4, 0.5) is 11.5 Å². The molecule has 1 aliphatic heterocycles. The predicted octanol–water partition coefficient (Wildman–Crippen LogP) is 3.75. The summed E-state index contributed by atoms with van der Waals surface area (Å²) < 4.78 is 38.2. The number of nitrogens with zero attached hydrogens (tertiary/aromatic N) is 1. The molecule has 0 atom stereocenters. The third kappa shape index (κ3) is 4.27. The Balaban J connectivity index is 1.43. The van der Waals surface area contributed by atoms with E-state index in [2.05, 4.69) is 15.0 Å². The van der Waals surface area contributed by atoms with Gasteiger partial charge in [0.25, 0.3) is 10.0 Å². The third-order valence-corrected chi connectivity index (χ3v) is 6.26. The minimum Gasteiger partial charge on any atom is -0.454 e. The highest BCUT2D eigenvalue weighted by Gasteiger charge is 2.20. The number of benzene rings is 1. The van der Waals surface area contributed by atoms with E-state index in [0.29, 0.717) is 23.2 Å². The smallest absolute Gasteiger partial charge is 0.262 e. The molecule has 0 saturated heterocycles. The van der Waals surface area contributed by atoms with Crippen LogP contribution in [-0.2, 0) is 10.0 Å². The Morgan fingerprint density at radius 1 is 0.963 bits per heavy atom. The molecule has 0 radical (unpaired) electrons. The molecule has 1 aromatic heterocycles. The third-order valence-electron chi connectivity index (χ3n) is 4.88. The van der Waals surface area contributed by atoms with Crippen LogP contribution in [0, 0.1) is 0 Å². The molecule has 0 unspecified atom stereocenters. The number of fused-ring (bicyclic) bond motifs is 1. The van der Waals surface area contributed by atoms with Crippen LogP contribution in [0.1, 0.15) is 38.5 Å². The Morgan fingerprint density at radius 3 is 2.48 bits per heavy atom. The molecule has 2 N–H and O–H groups in total. The Bertz CT molecular complexity index is 892. The molecule has 1 aromatic carbocycles. The van der Waals surface area contributed by atoms with E-state index < -0.39 is 10.0 Å². The summed E-state index contributed by atoms with van der Waals surface area (Å²) in [5, 5.41) is 3.45. The summed E-state index contributed by atoms with van der Waals surface area (Å²) in [6.07, 6.45) is 8.92. The maximum atomic E-state index is 12.6. The van der Waals surface area contributed by atoms with Crippen molar-refractivity contribution in [2.45, 2.75) is 49.5 Å². The molecule has 2 aliphatic rings. The summed E-state index contributed by atoms with van der Waals surface area (Å²) in [6.45, 7) is 0.103. The molecule has 0 bridgehead atoms. The molecule has 27 heavy (non-hydrogen) atoms. The number of hydrogen-bond donors (Lipinski definition) is 2. The van der Waals surface area contributed by atoms with E-state index >= 15 is 0 Å². The first-order valence-corrected chi connectivity index (χ1v) is 10.7. The van der Waals surface area contributed by atoms with Gasteiger partial charge in [-0.15, -0.1) is 0 Å². The van der Waals surface area contributed by atoms with E-state index in [-0.39, 0.29) is 11.7 Å². The molecule has 0 amide bonds. The van der Waals surface area contributed by atoms with E-state index in [4.69, 9.17) is 9.47 Å². The van der Waals surface area contributed by atoms with E-state index in [1.54, 1.807) is 12.1 Å². The molecule has 4 rings (SSSR count). The number of nitrogens with one attached hydrogen (secondary N) is 2. The molecule has 1 saturated carbocycles. The lowest BCUT2D eigenvalue weighted by atomic mass is 10.1. The van der Waals surface area contributed by atoms with Crippen LogP contribution in [0.15, 0.2) is 41.4 Å². The molecule has 8 heteroatoms. The van der Waals surface area contributed by atoms with Crippen LogP contribution in [0.2, 0.25) is 0 Å². The maximum absolute atomic E-state index is 12.6. The minimum absolute atomic E-state index is 0.103. The number of pyridine rings is 1. The highest BCUT2D eigenvalue weighted by Crippen LogP contribution is 2.34. The fourth-order valence-electron chi connectivity index (χ4n) is 3.43. The Kier molecular flexibility index (Phi) is 5.07. The minimum atomic E-state index is -3.73. The first kappa shape index (κ1) is 17.9. The Labute approximate surface area is 159 Å². The van der Waals surface area contributed by atoms with Gasteiger partial charge < -0.3 is 14.8 Å². The van der Waals surface area contributed by atoms with Crippen molar-refractivity contribution in [2.75, 3.05) is 16.8 Å². The van der Waals surface area contributed by atoms with Crippen molar-refractivity contribution in [2.24, 2.45) is 0 Å². The van der Waals surface area contributed by atoms with Crippen molar-refractivity contribution in [1.29, 1.82) is 0 Å². The van der Waals surface area contributed by atoms with E-state index in [1.807, 2.05) is 6.07 Å². The van der Waals surface area contributed by atoms with Crippen LogP contribution in [0.5, 0.6) is 11.5 Å². The van der Waals surface area contributed by atoms with Crippen LogP contribution < -0.4 is 19.5 Å². The van der Waals surface area contributed by atoms with E-state index in [9.17, 15) is 8.42 Å². The summed E-state index contributed by atoms with van der Waals surface area (Å²) in [7, 11) is -3.73. The van der Waals surface area contributed by atoms with Gasteiger partial charge in [0, 0.05) is 12.1 Å². The zero-order valence-corrected chi connectivity index (χ0v) is 15.8. The molecule has 0 spiro atoms. The lowest BCUT2D eigenvalue weighted by Gasteiger charge is -2.17. The monoisotopic (exact) mass is 389 g/mol. The van der Waals surface area contributed by atoms with Gasteiger partial charge >= 0.3 is 0 Å². The molecule has 2 heterocycles. The number of rotatable bonds is 5. The molecule has 2 aromatic rings. The number of aromatic nitrogens is 1. The van der Waals surface area contributed by atoms with E-state index in [0.717, 1.165) is 18.7 Å². The lowest BCUT2D eigenvalue weighted by Crippen LogP contribution is -2.19. The number of anilines is 2. The molecule has 144 valence electrons. The Morgan fingerprint density at radius 2 is 1.74 bits per heavy atom. The molecule has 7 nitrogen and oxygen atoms in total. The van der Waals surface area contributed by atoms with Gasteiger partial charge in [-0.2, -0.15) is 0 Å². The number of ether oxygens (including phenoxy) is 2. The zero-order valence-electron chi connectivity index (χ0n) is 15.0. The second-order valence-electron chi connectivity index (χ2n) is 6.89. The summed E-state index contributed by atoms with van der Waals surface area (Å²) in [5.74, 6) is 1.75. The molecule has 1 aliphatic carbocycles. The quantitative estimate of drug-likeness (QED) is 0.757. The molecular formula is C19H23N3O4S. The second kappa shape index (κ2) is 7.64. The predicted molar refractivity (Wildman–Crippen MR) is 103 cm³/mol. The van der Waals surface area contributed by atoms with Crippen LogP contribution >= 0.6 is 0 Å². The van der Waals surface area contributed by atoms with Gasteiger partial charge in [0.05, 0.1) is 16.8 Å². The molecule has 1 fully saturated rings. The topological polar surface area (TPSA) is 89.6 Å². The average molecular weight is 389 g/mol. The van der Waals surface area contributed by atoms with E-state index in [1.165, 1.54) is 44.0 Å². The highest BCUT2D eigenvalue weighted by molar-refractivity contribution is 7.92. The summed E-state index contributed by atoms with van der Waals surface area (Å²) >= 11 is 0. The van der Waals surface area contributed by atoms with Gasteiger partial charge in [-0.25, -0.2) is 13.4 Å². The average Bonchev–Trinajstić information content (AvgIpc) is 2.99. The first-order valence-electron chi connectivity index (χ1n) is 9.25. The van der Waals surface area contributed by atoms with Crippen molar-refractivity contribution in [3.63, 3.8) is 0 Å². The largest absolute Gasteiger partial charge is 0.454 e. The van der Waals surface area contributed by atoms with Crippen molar-refractivity contribution in [3.8, 4) is 11.5 Å². The van der Waals surface area contributed by atoms with Gasteiger partial charge in [-0.1, -0.05) is 25.7 Å². The van der Waals surface area contributed by atoms with Crippen molar-refractivity contribution >= 4 is 21.5 Å². The van der Waals surface area contributed by atoms with Gasteiger partial charge in [-0.3, -0.25) is 4.72 Å². The van der Waals surface area contributed by atoms with Crippen LogP contribution in [0.3, 0.4) is 0 Å². The van der Waals surface area contributed by atoms with Crippen molar-refractivity contribution in [3.05, 3.63) is 36.5 Å². The van der Waals surface area contributed by atoms with Crippen molar-refractivity contribution in [1.82, 2.24) is 4.98 Å².